The standard InChI is InChI=1S/C29H32N2O2.C2H6/c1-20-30-26-19-24(27(32)18-21-10-8-9-11-21)16-17-25(26)29(33)31(20)28(22-12-4-2-5-13-22)23-14-6-3-7-15-23;1-2/h2-7,12-15,21,24,28H,8-11,16-19H2,1H3;1-2H3. The minimum absolute atomic E-state index is 0.0132. The van der Waals surface area contributed by atoms with Crippen LogP contribution in [0, 0.1) is 18.8 Å². The van der Waals surface area contributed by atoms with E-state index in [0.29, 0.717) is 36.8 Å². The lowest BCUT2D eigenvalue weighted by Gasteiger charge is -2.28. The highest BCUT2D eigenvalue weighted by Gasteiger charge is 2.31. The molecule has 3 aromatic rings. The van der Waals surface area contributed by atoms with E-state index in [0.717, 1.165) is 28.8 Å². The Morgan fingerprint density at radius 3 is 2.09 bits per heavy atom. The van der Waals surface area contributed by atoms with Crippen LogP contribution in [0.5, 0.6) is 0 Å². The van der Waals surface area contributed by atoms with Gasteiger partial charge in [-0.15, -0.1) is 0 Å². The summed E-state index contributed by atoms with van der Waals surface area (Å²) < 4.78 is 1.85. The summed E-state index contributed by atoms with van der Waals surface area (Å²) in [5.74, 6) is 1.67. The topological polar surface area (TPSA) is 52.0 Å². The van der Waals surface area contributed by atoms with Crippen molar-refractivity contribution in [2.24, 2.45) is 11.8 Å². The van der Waals surface area contributed by atoms with Crippen molar-refractivity contribution in [3.63, 3.8) is 0 Å². The van der Waals surface area contributed by atoms with Crippen LogP contribution in [0.4, 0.5) is 0 Å². The number of rotatable bonds is 6. The maximum Gasteiger partial charge on any atom is 0.257 e. The summed E-state index contributed by atoms with van der Waals surface area (Å²) in [6.45, 7) is 5.92. The van der Waals surface area contributed by atoms with E-state index in [-0.39, 0.29) is 17.5 Å². The maximum atomic E-state index is 13.8. The molecule has 0 spiro atoms. The quantitative estimate of drug-likeness (QED) is 0.415. The zero-order chi connectivity index (χ0) is 24.8. The molecule has 4 heteroatoms. The van der Waals surface area contributed by atoms with Crippen molar-refractivity contribution in [2.75, 3.05) is 0 Å². The predicted molar refractivity (Wildman–Crippen MR) is 142 cm³/mol. The number of aryl methyl sites for hydroxylation is 1. The van der Waals surface area contributed by atoms with Gasteiger partial charge < -0.3 is 0 Å². The zero-order valence-electron chi connectivity index (χ0n) is 21.4. The van der Waals surface area contributed by atoms with Gasteiger partial charge in [0.2, 0.25) is 0 Å². The predicted octanol–water partition coefficient (Wildman–Crippen LogP) is 6.47. The molecule has 5 rings (SSSR count). The van der Waals surface area contributed by atoms with Gasteiger partial charge in [-0.05, 0) is 43.2 Å². The van der Waals surface area contributed by atoms with E-state index in [2.05, 4.69) is 24.3 Å². The lowest BCUT2D eigenvalue weighted by Crippen LogP contribution is -2.36. The third-order valence-electron chi connectivity index (χ3n) is 7.56. The minimum atomic E-state index is -0.223. The first-order valence-corrected chi connectivity index (χ1v) is 13.4. The van der Waals surface area contributed by atoms with Crippen LogP contribution in [0.2, 0.25) is 0 Å². The van der Waals surface area contributed by atoms with E-state index in [9.17, 15) is 9.59 Å². The molecule has 0 aliphatic heterocycles. The molecule has 1 atom stereocenters. The van der Waals surface area contributed by atoms with Gasteiger partial charge in [-0.1, -0.05) is 100 Å². The molecule has 2 aliphatic carbocycles. The first-order chi connectivity index (χ1) is 17.1. The van der Waals surface area contributed by atoms with E-state index >= 15 is 0 Å². The van der Waals surface area contributed by atoms with Gasteiger partial charge in [-0.25, -0.2) is 4.98 Å². The van der Waals surface area contributed by atoms with Crippen LogP contribution < -0.4 is 5.56 Å². The molecule has 1 aromatic heterocycles. The molecule has 1 unspecified atom stereocenters. The summed E-state index contributed by atoms with van der Waals surface area (Å²) in [6, 6.07) is 20.1. The lowest BCUT2D eigenvalue weighted by molar-refractivity contribution is -0.124. The summed E-state index contributed by atoms with van der Waals surface area (Å²) in [7, 11) is 0. The van der Waals surface area contributed by atoms with E-state index in [4.69, 9.17) is 4.98 Å². The second kappa shape index (κ2) is 11.6. The summed E-state index contributed by atoms with van der Waals surface area (Å²) in [5.41, 5.74) is 3.80. The van der Waals surface area contributed by atoms with Gasteiger partial charge in [-0.2, -0.15) is 0 Å². The van der Waals surface area contributed by atoms with Gasteiger partial charge in [-0.3, -0.25) is 14.2 Å². The van der Waals surface area contributed by atoms with Crippen molar-refractivity contribution >= 4 is 5.78 Å². The molecule has 1 heterocycles. The Morgan fingerprint density at radius 1 is 0.943 bits per heavy atom. The zero-order valence-corrected chi connectivity index (χ0v) is 21.4. The van der Waals surface area contributed by atoms with Crippen molar-refractivity contribution in [2.45, 2.75) is 78.2 Å². The van der Waals surface area contributed by atoms with E-state index in [1.807, 2.05) is 61.7 Å². The molecular weight excluding hydrogens is 432 g/mol. The molecule has 184 valence electrons. The Morgan fingerprint density at radius 2 is 1.51 bits per heavy atom. The average Bonchev–Trinajstić information content (AvgIpc) is 3.41. The first kappa shape index (κ1) is 25.1. The molecule has 2 aromatic carbocycles. The monoisotopic (exact) mass is 470 g/mol. The molecule has 35 heavy (non-hydrogen) atoms. The molecule has 0 bridgehead atoms. The largest absolute Gasteiger partial charge is 0.299 e. The highest BCUT2D eigenvalue weighted by atomic mass is 16.1. The van der Waals surface area contributed by atoms with Gasteiger partial charge in [0.1, 0.15) is 11.6 Å². The van der Waals surface area contributed by atoms with Crippen molar-refractivity contribution in [1.29, 1.82) is 0 Å². The number of carbonyl (C=O) groups is 1. The SMILES string of the molecule is CC.Cc1nc2c(c(=O)n1C(c1ccccc1)c1ccccc1)CCC(C(=O)CC1CCCC1)C2. The smallest absolute Gasteiger partial charge is 0.257 e. The summed E-state index contributed by atoms with van der Waals surface area (Å²) >= 11 is 0. The molecule has 0 saturated heterocycles. The summed E-state index contributed by atoms with van der Waals surface area (Å²) in [4.78, 5) is 31.7. The van der Waals surface area contributed by atoms with Crippen molar-refractivity contribution in [1.82, 2.24) is 9.55 Å². The Balaban J connectivity index is 0.00000141. The molecule has 4 nitrogen and oxygen atoms in total. The van der Waals surface area contributed by atoms with Crippen molar-refractivity contribution in [3.05, 3.63) is 99.2 Å². The highest BCUT2D eigenvalue weighted by molar-refractivity contribution is 5.81. The van der Waals surface area contributed by atoms with E-state index in [1.165, 1.54) is 25.7 Å². The van der Waals surface area contributed by atoms with Gasteiger partial charge >= 0.3 is 0 Å². The Bertz CT molecular complexity index is 1140. The number of hydrogen-bond donors (Lipinski definition) is 0. The molecular formula is C31H38N2O2. The fourth-order valence-corrected chi connectivity index (χ4v) is 5.81. The third-order valence-corrected chi connectivity index (χ3v) is 7.56. The second-order valence-electron chi connectivity index (χ2n) is 9.74. The molecule has 0 amide bonds. The minimum Gasteiger partial charge on any atom is -0.299 e. The molecule has 0 N–H and O–H groups in total. The van der Waals surface area contributed by atoms with Gasteiger partial charge in [0.15, 0.2) is 0 Å². The second-order valence-corrected chi connectivity index (χ2v) is 9.74. The Hall–Kier alpha value is -3.01. The van der Waals surface area contributed by atoms with E-state index in [1.54, 1.807) is 0 Å². The van der Waals surface area contributed by atoms with Gasteiger partial charge in [0, 0.05) is 17.9 Å². The number of ketones is 1. The Labute approximate surface area is 209 Å². The number of hydrogen-bond acceptors (Lipinski definition) is 3. The summed E-state index contributed by atoms with van der Waals surface area (Å²) in [5, 5.41) is 0. The van der Waals surface area contributed by atoms with Crippen LogP contribution >= 0.6 is 0 Å². The fraction of sp³-hybridized carbons (Fsp3) is 0.452. The van der Waals surface area contributed by atoms with Crippen molar-refractivity contribution in [3.8, 4) is 0 Å². The van der Waals surface area contributed by atoms with Crippen LogP contribution in [0.15, 0.2) is 65.5 Å². The first-order valence-electron chi connectivity index (χ1n) is 13.4. The highest BCUT2D eigenvalue weighted by Crippen LogP contribution is 2.32. The number of aromatic nitrogens is 2. The van der Waals surface area contributed by atoms with Crippen LogP contribution in [-0.4, -0.2) is 15.3 Å². The third kappa shape index (κ3) is 5.47. The summed E-state index contributed by atoms with van der Waals surface area (Å²) in [6.07, 6.45) is 7.62. The molecule has 2 aliphatic rings. The van der Waals surface area contributed by atoms with Crippen LogP contribution in [0.25, 0.3) is 0 Å². The molecule has 1 fully saturated rings. The van der Waals surface area contributed by atoms with Crippen molar-refractivity contribution < 1.29 is 4.79 Å². The van der Waals surface area contributed by atoms with Gasteiger partial charge in [0.25, 0.3) is 5.56 Å². The van der Waals surface area contributed by atoms with Crippen LogP contribution in [-0.2, 0) is 17.6 Å². The maximum absolute atomic E-state index is 13.8. The number of Topliss-reactive ketones (excluding diaryl/α,β-unsaturated/α-hetero) is 1. The average molecular weight is 471 g/mol. The lowest BCUT2D eigenvalue weighted by atomic mass is 9.81. The number of carbonyl (C=O) groups excluding carboxylic acids is 1. The Kier molecular flexibility index (Phi) is 8.33. The fourth-order valence-electron chi connectivity index (χ4n) is 5.81. The molecule has 1 saturated carbocycles. The van der Waals surface area contributed by atoms with E-state index < -0.39 is 0 Å². The van der Waals surface area contributed by atoms with Crippen LogP contribution in [0.3, 0.4) is 0 Å². The van der Waals surface area contributed by atoms with Gasteiger partial charge in [0.05, 0.1) is 11.7 Å². The number of nitrogens with zero attached hydrogens (tertiary/aromatic N) is 2. The number of fused-ring (bicyclic) bond motifs is 1. The number of benzene rings is 2. The molecule has 0 radical (unpaired) electrons. The van der Waals surface area contributed by atoms with Crippen LogP contribution in [0.1, 0.15) is 86.6 Å². The normalized spacial score (nSPS) is 17.5.